The molecule has 0 spiro atoms. The second-order valence-corrected chi connectivity index (χ2v) is 3.14. The highest BCUT2D eigenvalue weighted by molar-refractivity contribution is 5.16. The van der Waals surface area contributed by atoms with Crippen LogP contribution in [0.5, 0.6) is 0 Å². The molecule has 1 aliphatic rings. The Bertz CT molecular complexity index is 184. The Morgan fingerprint density at radius 1 is 1.55 bits per heavy atom. The van der Waals surface area contributed by atoms with Gasteiger partial charge >= 0.3 is 0 Å². The van der Waals surface area contributed by atoms with Crippen LogP contribution in [0.2, 0.25) is 0 Å². The van der Waals surface area contributed by atoms with Crippen LogP contribution in [0, 0.1) is 17.8 Å². The number of halogens is 2. The Labute approximate surface area is 66.0 Å². The Morgan fingerprint density at radius 2 is 2.09 bits per heavy atom. The lowest BCUT2D eigenvalue weighted by molar-refractivity contribution is -0.130. The summed E-state index contributed by atoms with van der Waals surface area (Å²) >= 11 is 0. The average Bonchev–Trinajstić information content (AvgIpc) is 1.86. The fraction of sp³-hybridized carbons (Fsp3) is 0.778. The van der Waals surface area contributed by atoms with Crippen molar-refractivity contribution in [2.24, 2.45) is 5.41 Å². The first-order valence-corrected chi connectivity index (χ1v) is 3.93. The molecule has 2 heteroatoms. The predicted octanol–water partition coefficient (Wildman–Crippen LogP) is 2.84. The molecule has 0 amide bonds. The van der Waals surface area contributed by atoms with Crippen LogP contribution < -0.4 is 0 Å². The van der Waals surface area contributed by atoms with Crippen molar-refractivity contribution in [3.8, 4) is 12.3 Å². The normalized spacial score (nSPS) is 22.0. The third-order valence-corrected chi connectivity index (χ3v) is 2.63. The first kappa shape index (κ1) is 8.52. The summed E-state index contributed by atoms with van der Waals surface area (Å²) in [6, 6.07) is 0. The standard InChI is InChI=1S/C9H12F2/c1-3-8(6-5-7-8)9(10,11)4-2/h1H,4-7H2,2H3. The molecular weight excluding hydrogens is 146 g/mol. The van der Waals surface area contributed by atoms with Crippen LogP contribution in [0.15, 0.2) is 0 Å². The zero-order valence-corrected chi connectivity index (χ0v) is 6.66. The third kappa shape index (κ3) is 1.03. The van der Waals surface area contributed by atoms with Gasteiger partial charge in [0.1, 0.15) is 0 Å². The summed E-state index contributed by atoms with van der Waals surface area (Å²) in [6.45, 7) is 1.48. The molecule has 1 rings (SSSR count). The van der Waals surface area contributed by atoms with Gasteiger partial charge in [0.15, 0.2) is 0 Å². The molecular formula is C9H12F2. The SMILES string of the molecule is C#CC1(C(F)(F)CC)CCC1. The van der Waals surface area contributed by atoms with Gasteiger partial charge in [0.2, 0.25) is 0 Å². The van der Waals surface area contributed by atoms with Gasteiger partial charge in [0.25, 0.3) is 5.92 Å². The number of hydrogen-bond donors (Lipinski definition) is 0. The molecule has 0 N–H and O–H groups in total. The van der Waals surface area contributed by atoms with Crippen molar-refractivity contribution in [2.45, 2.75) is 38.5 Å². The maximum Gasteiger partial charge on any atom is 0.264 e. The molecule has 0 aromatic heterocycles. The smallest absolute Gasteiger partial charge is 0.205 e. The molecule has 0 aromatic rings. The molecule has 11 heavy (non-hydrogen) atoms. The highest BCUT2D eigenvalue weighted by Gasteiger charge is 2.54. The van der Waals surface area contributed by atoms with Crippen molar-refractivity contribution in [1.82, 2.24) is 0 Å². The lowest BCUT2D eigenvalue weighted by Gasteiger charge is -2.42. The van der Waals surface area contributed by atoms with E-state index in [0.29, 0.717) is 12.8 Å². The largest absolute Gasteiger partial charge is 0.264 e. The molecule has 1 saturated carbocycles. The Kier molecular flexibility index (Phi) is 1.92. The Morgan fingerprint density at radius 3 is 2.18 bits per heavy atom. The topological polar surface area (TPSA) is 0 Å². The van der Waals surface area contributed by atoms with E-state index in [4.69, 9.17) is 6.42 Å². The minimum atomic E-state index is -2.65. The lowest BCUT2D eigenvalue weighted by atomic mass is 9.64. The van der Waals surface area contributed by atoms with Gasteiger partial charge < -0.3 is 0 Å². The van der Waals surface area contributed by atoms with Gasteiger partial charge in [-0.25, -0.2) is 8.78 Å². The second-order valence-electron chi connectivity index (χ2n) is 3.14. The average molecular weight is 158 g/mol. The molecule has 1 fully saturated rings. The molecule has 62 valence electrons. The van der Waals surface area contributed by atoms with E-state index in [1.807, 2.05) is 0 Å². The van der Waals surface area contributed by atoms with Crippen LogP contribution in [0.1, 0.15) is 32.6 Å². The number of rotatable bonds is 2. The summed E-state index contributed by atoms with van der Waals surface area (Å²) < 4.78 is 26.2. The van der Waals surface area contributed by atoms with Crippen LogP contribution >= 0.6 is 0 Å². The quantitative estimate of drug-likeness (QED) is 0.542. The molecule has 1 aliphatic carbocycles. The van der Waals surface area contributed by atoms with Crippen LogP contribution in [-0.4, -0.2) is 5.92 Å². The first-order valence-electron chi connectivity index (χ1n) is 3.93. The number of alkyl halides is 2. The van der Waals surface area contributed by atoms with E-state index >= 15 is 0 Å². The van der Waals surface area contributed by atoms with Crippen molar-refractivity contribution in [2.75, 3.05) is 0 Å². The highest BCUT2D eigenvalue weighted by atomic mass is 19.3. The lowest BCUT2D eigenvalue weighted by Crippen LogP contribution is -2.45. The molecule has 0 saturated heterocycles. The summed E-state index contributed by atoms with van der Waals surface area (Å²) in [5, 5.41) is 0. The van der Waals surface area contributed by atoms with Crippen molar-refractivity contribution in [3.05, 3.63) is 0 Å². The summed E-state index contributed by atoms with van der Waals surface area (Å²) in [5.41, 5.74) is -1.10. The molecule has 0 aliphatic heterocycles. The van der Waals surface area contributed by atoms with Crippen LogP contribution in [0.3, 0.4) is 0 Å². The van der Waals surface area contributed by atoms with Crippen molar-refractivity contribution >= 4 is 0 Å². The summed E-state index contributed by atoms with van der Waals surface area (Å²) in [6.07, 6.45) is 6.79. The van der Waals surface area contributed by atoms with E-state index in [0.717, 1.165) is 6.42 Å². The van der Waals surface area contributed by atoms with Crippen molar-refractivity contribution < 1.29 is 8.78 Å². The van der Waals surface area contributed by atoms with E-state index < -0.39 is 11.3 Å². The van der Waals surface area contributed by atoms with E-state index in [-0.39, 0.29) is 6.42 Å². The van der Waals surface area contributed by atoms with Gasteiger partial charge in [0, 0.05) is 6.42 Å². The van der Waals surface area contributed by atoms with Crippen LogP contribution in [0.4, 0.5) is 8.78 Å². The zero-order chi connectivity index (χ0) is 8.54. The molecule has 0 heterocycles. The Balaban J connectivity index is 2.78. The summed E-state index contributed by atoms with van der Waals surface area (Å²) in [5.74, 6) is -0.397. The molecule has 0 aromatic carbocycles. The van der Waals surface area contributed by atoms with E-state index in [1.165, 1.54) is 6.92 Å². The maximum absolute atomic E-state index is 13.1. The zero-order valence-electron chi connectivity index (χ0n) is 6.66. The Hall–Kier alpha value is -0.580. The van der Waals surface area contributed by atoms with Gasteiger partial charge in [-0.15, -0.1) is 6.42 Å². The fourth-order valence-corrected chi connectivity index (χ4v) is 1.48. The van der Waals surface area contributed by atoms with Gasteiger partial charge in [-0.3, -0.25) is 0 Å². The maximum atomic E-state index is 13.1. The number of terminal acetylenes is 1. The third-order valence-electron chi connectivity index (χ3n) is 2.63. The van der Waals surface area contributed by atoms with Crippen molar-refractivity contribution in [1.29, 1.82) is 0 Å². The highest BCUT2D eigenvalue weighted by Crippen LogP contribution is 2.52. The van der Waals surface area contributed by atoms with E-state index in [1.54, 1.807) is 0 Å². The fourth-order valence-electron chi connectivity index (χ4n) is 1.48. The van der Waals surface area contributed by atoms with Crippen LogP contribution in [-0.2, 0) is 0 Å². The molecule has 0 atom stereocenters. The molecule has 0 nitrogen and oxygen atoms in total. The van der Waals surface area contributed by atoms with Crippen molar-refractivity contribution in [3.63, 3.8) is 0 Å². The summed E-state index contributed by atoms with van der Waals surface area (Å²) in [4.78, 5) is 0. The van der Waals surface area contributed by atoms with Gasteiger partial charge in [0.05, 0.1) is 5.41 Å². The van der Waals surface area contributed by atoms with Gasteiger partial charge in [-0.2, -0.15) is 0 Å². The molecule has 0 unspecified atom stereocenters. The first-order chi connectivity index (χ1) is 5.08. The van der Waals surface area contributed by atoms with Gasteiger partial charge in [-0.1, -0.05) is 12.8 Å². The predicted molar refractivity (Wildman–Crippen MR) is 40.4 cm³/mol. The van der Waals surface area contributed by atoms with E-state index in [2.05, 4.69) is 5.92 Å². The summed E-state index contributed by atoms with van der Waals surface area (Å²) in [7, 11) is 0. The van der Waals surface area contributed by atoms with Gasteiger partial charge in [-0.05, 0) is 19.3 Å². The second kappa shape index (κ2) is 2.48. The minimum absolute atomic E-state index is 0.142. The van der Waals surface area contributed by atoms with E-state index in [9.17, 15) is 8.78 Å². The molecule has 0 radical (unpaired) electrons. The molecule has 0 bridgehead atoms. The number of hydrogen-bond acceptors (Lipinski definition) is 0. The minimum Gasteiger partial charge on any atom is -0.205 e. The monoisotopic (exact) mass is 158 g/mol. The van der Waals surface area contributed by atoms with Crippen LogP contribution in [0.25, 0.3) is 0 Å².